The summed E-state index contributed by atoms with van der Waals surface area (Å²) < 4.78 is 29.9. The molecule has 1 aliphatic rings. The van der Waals surface area contributed by atoms with Crippen LogP contribution in [0.25, 0.3) is 0 Å². The van der Waals surface area contributed by atoms with Crippen LogP contribution in [0.3, 0.4) is 0 Å². The van der Waals surface area contributed by atoms with Gasteiger partial charge >= 0.3 is 0 Å². The summed E-state index contributed by atoms with van der Waals surface area (Å²) in [5.74, 6) is -0.868. The molecule has 0 spiro atoms. The zero-order valence-electron chi connectivity index (χ0n) is 27.5. The molecule has 0 aromatic heterocycles. The fraction of sp³-hybridized carbons (Fsp3) is 0.316. The lowest BCUT2D eigenvalue weighted by Gasteiger charge is -2.35. The van der Waals surface area contributed by atoms with Crippen LogP contribution in [0.15, 0.2) is 95.9 Å². The highest BCUT2D eigenvalue weighted by Crippen LogP contribution is 2.31. The van der Waals surface area contributed by atoms with Gasteiger partial charge in [-0.2, -0.15) is 0 Å². The topological polar surface area (TPSA) is 86.8 Å². The van der Waals surface area contributed by atoms with Crippen LogP contribution in [0.4, 0.5) is 5.69 Å². The van der Waals surface area contributed by atoms with Gasteiger partial charge in [0.15, 0.2) is 0 Å². The van der Waals surface area contributed by atoms with E-state index in [1.54, 1.807) is 54.6 Å². The van der Waals surface area contributed by atoms with Crippen molar-refractivity contribution in [3.8, 4) is 0 Å². The number of nitrogens with one attached hydrogen (secondary N) is 1. The standard InChI is InChI=1S/C38H41Cl2N3O4S/c1-26-19-21-31(22-20-26)48(46,47)43(35-18-9-11-27(2)28(35)3)25-37(44)42(24-32-33(39)16-10-17-34(32)40)36(23-29-12-5-4-6-13-29)38(45)41-30-14-7-8-15-30/h4-6,9-13,16-22,30,36H,7-8,14-15,23-25H2,1-3H3,(H,41,45)/t36-/m0/s1. The Morgan fingerprint density at radius 2 is 1.46 bits per heavy atom. The number of sulfonamides is 1. The molecule has 4 aromatic carbocycles. The van der Waals surface area contributed by atoms with Crippen molar-refractivity contribution >= 4 is 50.7 Å². The minimum absolute atomic E-state index is 0.00461. The number of hydrogen-bond acceptors (Lipinski definition) is 4. The number of nitrogens with zero attached hydrogens (tertiary/aromatic N) is 2. The Morgan fingerprint density at radius 1 is 0.833 bits per heavy atom. The van der Waals surface area contributed by atoms with E-state index in [1.807, 2.05) is 57.2 Å². The quantitative estimate of drug-likeness (QED) is 0.163. The predicted octanol–water partition coefficient (Wildman–Crippen LogP) is 7.81. The third kappa shape index (κ3) is 8.23. The van der Waals surface area contributed by atoms with Crippen LogP contribution in [0.2, 0.25) is 10.0 Å². The van der Waals surface area contributed by atoms with Gasteiger partial charge in [0.1, 0.15) is 12.6 Å². The zero-order valence-corrected chi connectivity index (χ0v) is 29.8. The monoisotopic (exact) mass is 705 g/mol. The van der Waals surface area contributed by atoms with Gasteiger partial charge in [-0.05, 0) is 80.6 Å². The second-order valence-corrected chi connectivity index (χ2v) is 15.1. The maximum absolute atomic E-state index is 14.8. The van der Waals surface area contributed by atoms with Gasteiger partial charge in [0.05, 0.1) is 10.6 Å². The Labute approximate surface area is 293 Å². The third-order valence-electron chi connectivity index (χ3n) is 9.10. The molecule has 48 heavy (non-hydrogen) atoms. The first-order valence-electron chi connectivity index (χ1n) is 16.2. The first-order valence-corrected chi connectivity index (χ1v) is 18.4. The number of carbonyl (C=O) groups is 2. The lowest BCUT2D eigenvalue weighted by Crippen LogP contribution is -2.54. The smallest absolute Gasteiger partial charge is 0.264 e. The van der Waals surface area contributed by atoms with Gasteiger partial charge in [0.25, 0.3) is 10.0 Å². The van der Waals surface area contributed by atoms with Crippen molar-refractivity contribution in [2.24, 2.45) is 0 Å². The Kier molecular flexibility index (Phi) is 11.5. The average molecular weight is 707 g/mol. The maximum Gasteiger partial charge on any atom is 0.264 e. The van der Waals surface area contributed by atoms with Crippen LogP contribution in [-0.4, -0.2) is 43.8 Å². The third-order valence-corrected chi connectivity index (χ3v) is 11.6. The second-order valence-electron chi connectivity index (χ2n) is 12.5. The van der Waals surface area contributed by atoms with E-state index in [9.17, 15) is 18.0 Å². The van der Waals surface area contributed by atoms with Gasteiger partial charge in [-0.3, -0.25) is 13.9 Å². The SMILES string of the molecule is Cc1ccc(S(=O)(=O)N(CC(=O)N(Cc2c(Cl)cccc2Cl)[C@@H](Cc2ccccc2)C(=O)NC2CCCC2)c2cccc(C)c2C)cc1. The fourth-order valence-electron chi connectivity index (χ4n) is 6.13. The molecule has 2 amide bonds. The zero-order chi connectivity index (χ0) is 34.4. The van der Waals surface area contributed by atoms with Crippen LogP contribution < -0.4 is 9.62 Å². The number of rotatable bonds is 12. The average Bonchev–Trinajstić information content (AvgIpc) is 3.58. The molecule has 10 heteroatoms. The van der Waals surface area contributed by atoms with Gasteiger partial charge in [0, 0.05) is 34.6 Å². The molecule has 1 N–H and O–H groups in total. The summed E-state index contributed by atoms with van der Waals surface area (Å²) in [5.41, 5.74) is 4.22. The summed E-state index contributed by atoms with van der Waals surface area (Å²) in [6, 6.07) is 25.5. The summed E-state index contributed by atoms with van der Waals surface area (Å²) in [6.07, 6.45) is 3.98. The fourth-order valence-corrected chi connectivity index (χ4v) is 8.12. The first-order chi connectivity index (χ1) is 23.0. The van der Waals surface area contributed by atoms with E-state index in [2.05, 4.69) is 5.32 Å². The molecular formula is C38H41Cl2N3O4S. The van der Waals surface area contributed by atoms with E-state index in [4.69, 9.17) is 23.2 Å². The second kappa shape index (κ2) is 15.6. The van der Waals surface area contributed by atoms with Crippen molar-refractivity contribution in [2.45, 2.75) is 76.4 Å². The molecule has 5 rings (SSSR count). The van der Waals surface area contributed by atoms with Crippen LogP contribution in [-0.2, 0) is 32.6 Å². The number of carbonyl (C=O) groups excluding carboxylic acids is 2. The normalized spacial score (nSPS) is 14.0. The molecular weight excluding hydrogens is 665 g/mol. The van der Waals surface area contributed by atoms with Crippen LogP contribution in [0.1, 0.15) is 53.5 Å². The van der Waals surface area contributed by atoms with Crippen molar-refractivity contribution in [1.82, 2.24) is 10.2 Å². The van der Waals surface area contributed by atoms with Gasteiger partial charge < -0.3 is 10.2 Å². The molecule has 0 bridgehead atoms. The van der Waals surface area contributed by atoms with E-state index >= 15 is 0 Å². The van der Waals surface area contributed by atoms with Crippen LogP contribution in [0, 0.1) is 20.8 Å². The maximum atomic E-state index is 14.8. The van der Waals surface area contributed by atoms with Crippen LogP contribution >= 0.6 is 23.2 Å². The van der Waals surface area contributed by atoms with E-state index in [0.717, 1.165) is 52.2 Å². The molecule has 0 aliphatic heterocycles. The molecule has 1 atom stereocenters. The molecule has 0 radical (unpaired) electrons. The number of aryl methyl sites for hydroxylation is 2. The molecule has 0 saturated heterocycles. The van der Waals surface area contributed by atoms with Crippen molar-refractivity contribution in [3.05, 3.63) is 129 Å². The predicted molar refractivity (Wildman–Crippen MR) is 193 cm³/mol. The van der Waals surface area contributed by atoms with Crippen molar-refractivity contribution < 1.29 is 18.0 Å². The highest BCUT2D eigenvalue weighted by atomic mass is 35.5. The van der Waals surface area contributed by atoms with E-state index in [0.29, 0.717) is 21.3 Å². The highest BCUT2D eigenvalue weighted by molar-refractivity contribution is 7.92. The minimum Gasteiger partial charge on any atom is -0.352 e. The molecule has 0 unspecified atom stereocenters. The summed E-state index contributed by atoms with van der Waals surface area (Å²) in [5, 5.41) is 3.86. The Balaban J connectivity index is 1.62. The molecule has 1 saturated carbocycles. The number of halogens is 2. The summed E-state index contributed by atoms with van der Waals surface area (Å²) >= 11 is 13.3. The van der Waals surface area contributed by atoms with E-state index in [-0.39, 0.29) is 29.8 Å². The largest absolute Gasteiger partial charge is 0.352 e. The summed E-state index contributed by atoms with van der Waals surface area (Å²) in [6.45, 7) is 4.96. The number of anilines is 1. The summed E-state index contributed by atoms with van der Waals surface area (Å²) in [7, 11) is -4.22. The number of amides is 2. The van der Waals surface area contributed by atoms with Crippen molar-refractivity contribution in [1.29, 1.82) is 0 Å². The van der Waals surface area contributed by atoms with E-state index in [1.165, 1.54) is 4.90 Å². The number of benzene rings is 4. The molecule has 252 valence electrons. The van der Waals surface area contributed by atoms with Crippen molar-refractivity contribution in [2.75, 3.05) is 10.8 Å². The molecule has 0 heterocycles. The van der Waals surface area contributed by atoms with Gasteiger partial charge in [-0.1, -0.05) is 102 Å². The van der Waals surface area contributed by atoms with E-state index < -0.39 is 28.5 Å². The van der Waals surface area contributed by atoms with Crippen molar-refractivity contribution in [3.63, 3.8) is 0 Å². The highest BCUT2D eigenvalue weighted by Gasteiger charge is 2.36. The minimum atomic E-state index is -4.22. The Morgan fingerprint density at radius 3 is 2.10 bits per heavy atom. The molecule has 4 aromatic rings. The van der Waals surface area contributed by atoms with Crippen LogP contribution in [0.5, 0.6) is 0 Å². The number of hydrogen-bond donors (Lipinski definition) is 1. The van der Waals surface area contributed by atoms with Gasteiger partial charge in [-0.25, -0.2) is 8.42 Å². The lowest BCUT2D eigenvalue weighted by atomic mass is 10.0. The lowest BCUT2D eigenvalue weighted by molar-refractivity contribution is -0.140. The molecule has 7 nitrogen and oxygen atoms in total. The summed E-state index contributed by atoms with van der Waals surface area (Å²) in [4.78, 5) is 30.5. The molecule has 1 fully saturated rings. The van der Waals surface area contributed by atoms with Gasteiger partial charge in [0.2, 0.25) is 11.8 Å². The Hall–Kier alpha value is -3.85. The molecule has 1 aliphatic carbocycles. The van der Waals surface area contributed by atoms with Gasteiger partial charge in [-0.15, -0.1) is 0 Å². The first kappa shape index (κ1) is 35.5. The Bertz CT molecular complexity index is 1840.